The van der Waals surface area contributed by atoms with E-state index in [1.54, 1.807) is 18.2 Å². The van der Waals surface area contributed by atoms with Gasteiger partial charge in [-0.1, -0.05) is 56.3 Å². The summed E-state index contributed by atoms with van der Waals surface area (Å²) in [6.07, 6.45) is 0. The summed E-state index contributed by atoms with van der Waals surface area (Å²) in [6.45, 7) is 4.86. The van der Waals surface area contributed by atoms with Crippen molar-refractivity contribution < 1.29 is 4.92 Å². The first kappa shape index (κ1) is 14.1. The van der Waals surface area contributed by atoms with E-state index >= 15 is 0 Å². The maximum Gasteiger partial charge on any atom is 0.292 e. The minimum atomic E-state index is -0.363. The Labute approximate surface area is 118 Å². The molecule has 4 heteroatoms. The molecule has 0 atom stereocenters. The van der Waals surface area contributed by atoms with Crippen LogP contribution in [-0.2, 0) is 5.41 Å². The molecule has 2 aromatic carbocycles. The van der Waals surface area contributed by atoms with E-state index in [9.17, 15) is 10.1 Å². The standard InChI is InChI=1S/C16H18N2O2/c1-16(2,13-8-4-3-5-9-13)12-17-14-10-6-7-11-15(14)18(19)20/h3-11,17H,12H2,1-2H3. The summed E-state index contributed by atoms with van der Waals surface area (Å²) in [7, 11) is 0. The van der Waals surface area contributed by atoms with Crippen LogP contribution < -0.4 is 5.32 Å². The lowest BCUT2D eigenvalue weighted by Gasteiger charge is -2.26. The maximum absolute atomic E-state index is 11.0. The number of nitro benzene ring substituents is 1. The SMILES string of the molecule is CC(C)(CNc1ccccc1[N+](=O)[O-])c1ccccc1. The van der Waals surface area contributed by atoms with Crippen LogP contribution in [0.4, 0.5) is 11.4 Å². The van der Waals surface area contributed by atoms with Crippen LogP contribution in [0.15, 0.2) is 54.6 Å². The van der Waals surface area contributed by atoms with Crippen LogP contribution in [0.25, 0.3) is 0 Å². The van der Waals surface area contributed by atoms with Crippen molar-refractivity contribution in [2.24, 2.45) is 0 Å². The highest BCUT2D eigenvalue weighted by molar-refractivity contribution is 5.61. The highest BCUT2D eigenvalue weighted by atomic mass is 16.6. The summed E-state index contributed by atoms with van der Waals surface area (Å²) < 4.78 is 0. The van der Waals surface area contributed by atoms with Gasteiger partial charge in [-0.2, -0.15) is 0 Å². The van der Waals surface area contributed by atoms with Crippen LogP contribution in [-0.4, -0.2) is 11.5 Å². The molecule has 0 bridgehead atoms. The van der Waals surface area contributed by atoms with E-state index in [1.165, 1.54) is 11.6 Å². The molecule has 0 fully saturated rings. The fourth-order valence-electron chi connectivity index (χ4n) is 2.09. The number of nitrogens with zero attached hydrogens (tertiary/aromatic N) is 1. The second-order valence-electron chi connectivity index (χ2n) is 5.38. The van der Waals surface area contributed by atoms with Gasteiger partial charge in [0.15, 0.2) is 0 Å². The van der Waals surface area contributed by atoms with E-state index in [2.05, 4.69) is 31.3 Å². The van der Waals surface area contributed by atoms with Crippen molar-refractivity contribution in [2.45, 2.75) is 19.3 Å². The average Bonchev–Trinajstić information content (AvgIpc) is 2.46. The lowest BCUT2D eigenvalue weighted by Crippen LogP contribution is -2.27. The van der Waals surface area contributed by atoms with Gasteiger partial charge in [0.25, 0.3) is 5.69 Å². The monoisotopic (exact) mass is 270 g/mol. The van der Waals surface area contributed by atoms with Crippen molar-refractivity contribution in [3.05, 3.63) is 70.3 Å². The second-order valence-corrected chi connectivity index (χ2v) is 5.38. The molecule has 2 aromatic rings. The van der Waals surface area contributed by atoms with Gasteiger partial charge in [0.2, 0.25) is 0 Å². The summed E-state index contributed by atoms with van der Waals surface area (Å²) in [4.78, 5) is 10.6. The second kappa shape index (κ2) is 5.74. The molecule has 0 aromatic heterocycles. The molecular formula is C16H18N2O2. The first-order chi connectivity index (χ1) is 9.50. The van der Waals surface area contributed by atoms with Crippen molar-refractivity contribution >= 4 is 11.4 Å². The molecule has 4 nitrogen and oxygen atoms in total. The molecule has 1 N–H and O–H groups in total. The Bertz CT molecular complexity index is 594. The fraction of sp³-hybridized carbons (Fsp3) is 0.250. The van der Waals surface area contributed by atoms with Gasteiger partial charge >= 0.3 is 0 Å². The zero-order valence-electron chi connectivity index (χ0n) is 11.7. The third-order valence-electron chi connectivity index (χ3n) is 3.38. The normalized spacial score (nSPS) is 11.1. The van der Waals surface area contributed by atoms with Crippen LogP contribution in [0.3, 0.4) is 0 Å². The molecule has 0 amide bonds. The van der Waals surface area contributed by atoms with E-state index in [1.807, 2.05) is 18.2 Å². The van der Waals surface area contributed by atoms with Crippen LogP contribution >= 0.6 is 0 Å². The third-order valence-corrected chi connectivity index (χ3v) is 3.38. The average molecular weight is 270 g/mol. The van der Waals surface area contributed by atoms with Gasteiger partial charge in [0.05, 0.1) is 4.92 Å². The quantitative estimate of drug-likeness (QED) is 0.660. The molecule has 104 valence electrons. The van der Waals surface area contributed by atoms with Crippen molar-refractivity contribution in [3.8, 4) is 0 Å². The van der Waals surface area contributed by atoms with E-state index in [4.69, 9.17) is 0 Å². The predicted octanol–water partition coefficient (Wildman–Crippen LogP) is 3.98. The minimum absolute atomic E-state index is 0.106. The van der Waals surface area contributed by atoms with Gasteiger partial charge < -0.3 is 5.32 Å². The highest BCUT2D eigenvalue weighted by Gasteiger charge is 2.21. The highest BCUT2D eigenvalue weighted by Crippen LogP contribution is 2.27. The van der Waals surface area contributed by atoms with Crippen molar-refractivity contribution in [3.63, 3.8) is 0 Å². The zero-order chi connectivity index (χ0) is 14.6. The van der Waals surface area contributed by atoms with Gasteiger partial charge in [0.1, 0.15) is 5.69 Å². The molecule has 0 aliphatic carbocycles. The first-order valence-corrected chi connectivity index (χ1v) is 6.53. The molecule has 0 saturated heterocycles. The number of para-hydroxylation sites is 2. The maximum atomic E-state index is 11.0. The Morgan fingerprint density at radius 2 is 1.65 bits per heavy atom. The number of rotatable bonds is 5. The van der Waals surface area contributed by atoms with Gasteiger partial charge in [-0.15, -0.1) is 0 Å². The van der Waals surface area contributed by atoms with Crippen LogP contribution in [0.5, 0.6) is 0 Å². The molecule has 0 heterocycles. The molecule has 0 unspecified atom stereocenters. The van der Waals surface area contributed by atoms with Gasteiger partial charge in [-0.05, 0) is 11.6 Å². The summed E-state index contributed by atoms with van der Waals surface area (Å²) in [5.41, 5.74) is 1.76. The van der Waals surface area contributed by atoms with E-state index in [0.29, 0.717) is 12.2 Å². The van der Waals surface area contributed by atoms with Crippen molar-refractivity contribution in [1.82, 2.24) is 0 Å². The molecule has 2 rings (SSSR count). The van der Waals surface area contributed by atoms with Gasteiger partial charge in [0, 0.05) is 18.0 Å². The van der Waals surface area contributed by atoms with Gasteiger partial charge in [-0.3, -0.25) is 10.1 Å². The number of hydrogen-bond donors (Lipinski definition) is 1. The smallest absolute Gasteiger partial charge is 0.292 e. The number of benzene rings is 2. The number of anilines is 1. The predicted molar refractivity (Wildman–Crippen MR) is 81.1 cm³/mol. The summed E-state index contributed by atoms with van der Waals surface area (Å²) >= 11 is 0. The van der Waals surface area contributed by atoms with Gasteiger partial charge in [-0.25, -0.2) is 0 Å². The van der Waals surface area contributed by atoms with E-state index in [-0.39, 0.29) is 16.0 Å². The lowest BCUT2D eigenvalue weighted by molar-refractivity contribution is -0.384. The van der Waals surface area contributed by atoms with Crippen LogP contribution in [0.2, 0.25) is 0 Å². The van der Waals surface area contributed by atoms with Crippen molar-refractivity contribution in [2.75, 3.05) is 11.9 Å². The molecule has 0 aliphatic rings. The molecule has 0 aliphatic heterocycles. The molecule has 0 radical (unpaired) electrons. The first-order valence-electron chi connectivity index (χ1n) is 6.53. The Balaban J connectivity index is 2.15. The Morgan fingerprint density at radius 3 is 2.30 bits per heavy atom. The largest absolute Gasteiger partial charge is 0.379 e. The van der Waals surface area contributed by atoms with Crippen LogP contribution in [0, 0.1) is 10.1 Å². The van der Waals surface area contributed by atoms with E-state index < -0.39 is 0 Å². The summed E-state index contributed by atoms with van der Waals surface area (Å²) in [5, 5.41) is 14.2. The Morgan fingerprint density at radius 1 is 1.05 bits per heavy atom. The Hall–Kier alpha value is -2.36. The molecule has 0 spiro atoms. The fourth-order valence-corrected chi connectivity index (χ4v) is 2.09. The summed E-state index contributed by atoms with van der Waals surface area (Å²) in [5.74, 6) is 0. The van der Waals surface area contributed by atoms with Crippen LogP contribution in [0.1, 0.15) is 19.4 Å². The summed E-state index contributed by atoms with van der Waals surface area (Å²) in [6, 6.07) is 16.8. The number of nitro groups is 1. The van der Waals surface area contributed by atoms with Crippen molar-refractivity contribution in [1.29, 1.82) is 0 Å². The number of hydrogen-bond acceptors (Lipinski definition) is 3. The lowest BCUT2D eigenvalue weighted by atomic mass is 9.84. The Kier molecular flexibility index (Phi) is 4.03. The minimum Gasteiger partial charge on any atom is -0.379 e. The molecule has 20 heavy (non-hydrogen) atoms. The topological polar surface area (TPSA) is 55.2 Å². The zero-order valence-corrected chi connectivity index (χ0v) is 11.7. The number of nitrogens with one attached hydrogen (secondary N) is 1. The molecular weight excluding hydrogens is 252 g/mol. The third kappa shape index (κ3) is 3.15. The molecule has 0 saturated carbocycles. The van der Waals surface area contributed by atoms with E-state index in [0.717, 1.165) is 0 Å².